The van der Waals surface area contributed by atoms with Crippen molar-refractivity contribution >= 4 is 29.6 Å². The number of rotatable bonds is 4. The first-order valence-electron chi connectivity index (χ1n) is 6.30. The molecule has 8 heteroatoms. The fraction of sp³-hybridized carbons (Fsp3) is 0.462. The maximum absolute atomic E-state index is 11.7. The zero-order valence-electron chi connectivity index (χ0n) is 11.7. The summed E-state index contributed by atoms with van der Waals surface area (Å²) >= 11 is 1.37. The summed E-state index contributed by atoms with van der Waals surface area (Å²) in [5.74, 6) is -1.80. The van der Waals surface area contributed by atoms with E-state index in [-0.39, 0.29) is 17.7 Å². The third-order valence-corrected chi connectivity index (χ3v) is 4.45. The number of nitrogens with two attached hydrogens (primary N) is 1. The first-order valence-corrected chi connectivity index (χ1v) is 7.35. The molecule has 2 aliphatic heterocycles. The Morgan fingerprint density at radius 2 is 2.19 bits per heavy atom. The van der Waals surface area contributed by atoms with Gasteiger partial charge in [0.05, 0.1) is 0 Å². The van der Waals surface area contributed by atoms with Gasteiger partial charge < -0.3 is 15.6 Å². The molecule has 0 aromatic rings. The van der Waals surface area contributed by atoms with E-state index >= 15 is 0 Å². The Morgan fingerprint density at radius 3 is 2.76 bits per heavy atom. The maximum atomic E-state index is 11.7. The molecule has 0 saturated carbocycles. The van der Waals surface area contributed by atoms with Crippen LogP contribution in [0.1, 0.15) is 13.8 Å². The number of esters is 1. The van der Waals surface area contributed by atoms with E-state index in [2.05, 4.69) is 0 Å². The smallest absolute Gasteiger partial charge is 0.352 e. The van der Waals surface area contributed by atoms with Crippen molar-refractivity contribution in [2.75, 3.05) is 12.4 Å². The topological polar surface area (TPSA) is 110 Å². The number of thioether (sulfide) groups is 1. The number of allylic oxidation sites excluding steroid dienone is 1. The summed E-state index contributed by atoms with van der Waals surface area (Å²) in [6.45, 7) is 3.36. The van der Waals surface area contributed by atoms with Gasteiger partial charge in [-0.05, 0) is 13.8 Å². The first kappa shape index (κ1) is 15.6. The average molecular weight is 312 g/mol. The fourth-order valence-corrected chi connectivity index (χ4v) is 3.40. The molecule has 1 saturated heterocycles. The van der Waals surface area contributed by atoms with Gasteiger partial charge in [0, 0.05) is 17.4 Å². The Morgan fingerprint density at radius 1 is 1.52 bits per heavy atom. The molecule has 1 amide bonds. The summed E-state index contributed by atoms with van der Waals surface area (Å²) < 4.78 is 5.02. The molecule has 0 aromatic heterocycles. The summed E-state index contributed by atoms with van der Waals surface area (Å²) in [5.41, 5.74) is 6.71. The van der Waals surface area contributed by atoms with Crippen molar-refractivity contribution in [3.63, 3.8) is 0 Å². The fourth-order valence-electron chi connectivity index (χ4n) is 2.13. The third kappa shape index (κ3) is 2.96. The van der Waals surface area contributed by atoms with Crippen LogP contribution in [0.15, 0.2) is 22.9 Å². The number of hydrogen-bond acceptors (Lipinski definition) is 6. The van der Waals surface area contributed by atoms with Gasteiger partial charge in [0.2, 0.25) is 5.91 Å². The average Bonchev–Trinajstić information content (AvgIpc) is 2.42. The van der Waals surface area contributed by atoms with Gasteiger partial charge in [-0.25, -0.2) is 9.59 Å². The van der Waals surface area contributed by atoms with Crippen molar-refractivity contribution in [2.45, 2.75) is 25.3 Å². The first-order chi connectivity index (χ1) is 9.82. The molecule has 2 heterocycles. The Kier molecular flexibility index (Phi) is 4.38. The molecule has 0 aromatic carbocycles. The molecular formula is C13H16N2O5S. The quantitative estimate of drug-likeness (QED) is 0.429. The Labute approximate surface area is 125 Å². The van der Waals surface area contributed by atoms with Crippen molar-refractivity contribution in [3.8, 4) is 0 Å². The van der Waals surface area contributed by atoms with Gasteiger partial charge >= 0.3 is 11.9 Å². The van der Waals surface area contributed by atoms with E-state index in [0.717, 1.165) is 5.57 Å². The third-order valence-electron chi connectivity index (χ3n) is 3.09. The molecule has 0 unspecified atom stereocenters. The van der Waals surface area contributed by atoms with Crippen LogP contribution in [0.2, 0.25) is 0 Å². The second-order valence-corrected chi connectivity index (χ2v) is 6.13. The number of amides is 1. The lowest BCUT2D eigenvalue weighted by atomic mass is 10.0. The summed E-state index contributed by atoms with van der Waals surface area (Å²) in [6, 6.07) is -0.667. The lowest BCUT2D eigenvalue weighted by Gasteiger charge is -2.47. The Balaban J connectivity index is 2.16. The van der Waals surface area contributed by atoms with Crippen LogP contribution < -0.4 is 5.73 Å². The monoisotopic (exact) mass is 312 g/mol. The molecule has 114 valence electrons. The molecule has 21 heavy (non-hydrogen) atoms. The molecule has 2 atom stereocenters. The van der Waals surface area contributed by atoms with Gasteiger partial charge in [-0.2, -0.15) is 0 Å². The number of ether oxygens (including phenoxy) is 1. The molecule has 2 aliphatic rings. The number of β-lactam (4-membered cyclic amide) rings is 1. The predicted molar refractivity (Wildman–Crippen MR) is 76.1 cm³/mol. The minimum Gasteiger partial charge on any atom is -0.477 e. The number of aliphatic carboxylic acids is 1. The van der Waals surface area contributed by atoms with Gasteiger partial charge in [0.15, 0.2) is 0 Å². The molecule has 7 nitrogen and oxygen atoms in total. The second-order valence-electron chi connectivity index (χ2n) is 5.02. The summed E-state index contributed by atoms with van der Waals surface area (Å²) in [7, 11) is 0. The van der Waals surface area contributed by atoms with Crippen LogP contribution >= 0.6 is 11.8 Å². The normalized spacial score (nSPS) is 24.1. The minimum atomic E-state index is -1.21. The van der Waals surface area contributed by atoms with Crippen molar-refractivity contribution < 1.29 is 24.2 Å². The number of nitrogens with zero attached hydrogens (tertiary/aromatic N) is 1. The van der Waals surface area contributed by atoms with Gasteiger partial charge in [-0.15, -0.1) is 11.8 Å². The van der Waals surface area contributed by atoms with E-state index < -0.39 is 23.9 Å². The lowest BCUT2D eigenvalue weighted by molar-refractivity contribution is -0.148. The molecular weight excluding hydrogens is 296 g/mol. The van der Waals surface area contributed by atoms with Crippen LogP contribution in [0.25, 0.3) is 0 Å². The minimum absolute atomic E-state index is 0.115. The van der Waals surface area contributed by atoms with Crippen LogP contribution in [-0.2, 0) is 19.1 Å². The standard InChI is InChI=1S/C13H16N2O5S/c1-6(2)3-8(16)20-4-7-5-21-12-9(14)11(17)15(12)10(7)13(18)19/h3,9,12H,4-5,14H2,1-2H3,(H,18,19)/t9-,12-/m1/s1. The van der Waals surface area contributed by atoms with Gasteiger partial charge in [0.25, 0.3) is 0 Å². The number of hydrogen-bond donors (Lipinski definition) is 2. The van der Waals surface area contributed by atoms with Crippen LogP contribution in [0.4, 0.5) is 0 Å². The van der Waals surface area contributed by atoms with Gasteiger partial charge in [0.1, 0.15) is 23.7 Å². The van der Waals surface area contributed by atoms with Crippen LogP contribution in [0, 0.1) is 0 Å². The second kappa shape index (κ2) is 5.90. The number of carbonyl (C=O) groups is 3. The van der Waals surface area contributed by atoms with Crippen molar-refractivity contribution in [1.82, 2.24) is 4.90 Å². The highest BCUT2D eigenvalue weighted by molar-refractivity contribution is 8.00. The molecule has 2 rings (SSSR count). The predicted octanol–water partition coefficient (Wildman–Crippen LogP) is 0.0769. The molecule has 0 spiro atoms. The molecule has 3 N–H and O–H groups in total. The number of carboxylic acid groups (broad SMARTS) is 1. The molecule has 0 radical (unpaired) electrons. The van der Waals surface area contributed by atoms with Crippen LogP contribution in [0.3, 0.4) is 0 Å². The summed E-state index contributed by atoms with van der Waals surface area (Å²) in [6.07, 6.45) is 1.32. The lowest BCUT2D eigenvalue weighted by Crippen LogP contribution is -2.68. The summed E-state index contributed by atoms with van der Waals surface area (Å²) in [4.78, 5) is 35.7. The highest BCUT2D eigenvalue weighted by Crippen LogP contribution is 2.39. The van der Waals surface area contributed by atoms with E-state index in [0.29, 0.717) is 11.3 Å². The zero-order chi connectivity index (χ0) is 15.7. The number of carbonyl (C=O) groups excluding carboxylic acids is 2. The molecule has 0 bridgehead atoms. The Bertz CT molecular complexity index is 565. The molecule has 0 aliphatic carbocycles. The van der Waals surface area contributed by atoms with E-state index in [1.54, 1.807) is 13.8 Å². The van der Waals surface area contributed by atoms with Crippen LogP contribution in [-0.4, -0.2) is 51.6 Å². The molecule has 1 fully saturated rings. The van der Waals surface area contributed by atoms with E-state index in [1.165, 1.54) is 22.7 Å². The maximum Gasteiger partial charge on any atom is 0.352 e. The SMILES string of the molecule is CC(C)=CC(=O)OCC1=C(C(=O)O)N2C(=O)[C@@H](N)[C@H]2SC1. The van der Waals surface area contributed by atoms with Crippen molar-refractivity contribution in [3.05, 3.63) is 22.9 Å². The van der Waals surface area contributed by atoms with Crippen molar-refractivity contribution in [2.24, 2.45) is 5.73 Å². The summed E-state index contributed by atoms with van der Waals surface area (Å²) in [5, 5.41) is 8.94. The number of carboxylic acids is 1. The highest BCUT2D eigenvalue weighted by Gasteiger charge is 2.51. The van der Waals surface area contributed by atoms with Crippen molar-refractivity contribution in [1.29, 1.82) is 0 Å². The Hall–Kier alpha value is -1.80. The van der Waals surface area contributed by atoms with Gasteiger partial charge in [-0.1, -0.05) is 5.57 Å². The largest absolute Gasteiger partial charge is 0.477 e. The van der Waals surface area contributed by atoms with Crippen LogP contribution in [0.5, 0.6) is 0 Å². The van der Waals surface area contributed by atoms with E-state index in [9.17, 15) is 19.5 Å². The van der Waals surface area contributed by atoms with E-state index in [1.807, 2.05) is 0 Å². The van der Waals surface area contributed by atoms with Gasteiger partial charge in [-0.3, -0.25) is 9.69 Å². The highest BCUT2D eigenvalue weighted by atomic mass is 32.2. The zero-order valence-corrected chi connectivity index (χ0v) is 12.5. The number of fused-ring (bicyclic) bond motifs is 1. The van der Waals surface area contributed by atoms with E-state index in [4.69, 9.17) is 10.5 Å².